The van der Waals surface area contributed by atoms with Crippen molar-refractivity contribution in [3.8, 4) is 5.88 Å². The highest BCUT2D eigenvalue weighted by Gasteiger charge is 2.07. The minimum Gasteiger partial charge on any atom is -0.476 e. The van der Waals surface area contributed by atoms with Crippen LogP contribution in [0.4, 0.5) is 0 Å². The Morgan fingerprint density at radius 1 is 1.64 bits per heavy atom. The molecule has 0 unspecified atom stereocenters. The second-order valence-electron chi connectivity index (χ2n) is 2.11. The van der Waals surface area contributed by atoms with Gasteiger partial charge in [0.25, 0.3) is 5.88 Å². The van der Waals surface area contributed by atoms with Crippen molar-refractivity contribution >= 4 is 0 Å². The standard InChI is InChI=1S/C7H12N2O2/c1-3-10-7-5(2)11-6(4-8)9-7/h3-4,8H2,1-2H3. The summed E-state index contributed by atoms with van der Waals surface area (Å²) in [5.41, 5.74) is 5.32. The number of hydrogen-bond acceptors (Lipinski definition) is 4. The van der Waals surface area contributed by atoms with Gasteiger partial charge in [0.05, 0.1) is 13.2 Å². The van der Waals surface area contributed by atoms with Crippen molar-refractivity contribution in [2.24, 2.45) is 5.73 Å². The van der Waals surface area contributed by atoms with Gasteiger partial charge >= 0.3 is 0 Å². The Labute approximate surface area is 65.4 Å². The topological polar surface area (TPSA) is 61.3 Å². The number of hydrogen-bond donors (Lipinski definition) is 1. The van der Waals surface area contributed by atoms with Gasteiger partial charge in [-0.05, 0) is 13.8 Å². The minimum atomic E-state index is 0.313. The van der Waals surface area contributed by atoms with Gasteiger partial charge in [-0.15, -0.1) is 0 Å². The summed E-state index contributed by atoms with van der Waals surface area (Å²) in [4.78, 5) is 4.00. The van der Waals surface area contributed by atoms with Crippen molar-refractivity contribution in [2.45, 2.75) is 20.4 Å². The highest BCUT2D eigenvalue weighted by Crippen LogP contribution is 2.16. The predicted molar refractivity (Wildman–Crippen MR) is 40.3 cm³/mol. The molecule has 0 spiro atoms. The van der Waals surface area contributed by atoms with E-state index in [1.165, 1.54) is 0 Å². The van der Waals surface area contributed by atoms with Crippen LogP contribution in [0.1, 0.15) is 18.6 Å². The van der Waals surface area contributed by atoms with E-state index in [2.05, 4.69) is 4.98 Å². The fourth-order valence-corrected chi connectivity index (χ4v) is 0.793. The largest absolute Gasteiger partial charge is 0.476 e. The number of rotatable bonds is 3. The molecule has 0 amide bonds. The monoisotopic (exact) mass is 156 g/mol. The van der Waals surface area contributed by atoms with E-state index in [4.69, 9.17) is 14.9 Å². The molecule has 4 nitrogen and oxygen atoms in total. The first-order valence-electron chi connectivity index (χ1n) is 3.57. The molecule has 0 aromatic carbocycles. The lowest BCUT2D eigenvalue weighted by molar-refractivity contribution is 0.321. The summed E-state index contributed by atoms with van der Waals surface area (Å²) in [5.74, 6) is 1.76. The average molecular weight is 156 g/mol. The van der Waals surface area contributed by atoms with Gasteiger partial charge < -0.3 is 14.9 Å². The van der Waals surface area contributed by atoms with Crippen LogP contribution in [0.3, 0.4) is 0 Å². The second-order valence-corrected chi connectivity index (χ2v) is 2.11. The van der Waals surface area contributed by atoms with E-state index in [9.17, 15) is 0 Å². The first-order valence-corrected chi connectivity index (χ1v) is 3.57. The fourth-order valence-electron chi connectivity index (χ4n) is 0.793. The molecule has 0 aliphatic heterocycles. The Balaban J connectivity index is 2.79. The highest BCUT2D eigenvalue weighted by molar-refractivity contribution is 5.14. The van der Waals surface area contributed by atoms with Gasteiger partial charge in [0.15, 0.2) is 5.76 Å². The lowest BCUT2D eigenvalue weighted by Gasteiger charge is -1.94. The molecule has 1 heterocycles. The maximum Gasteiger partial charge on any atom is 0.256 e. The molecule has 0 atom stereocenters. The van der Waals surface area contributed by atoms with Gasteiger partial charge in [-0.25, -0.2) is 0 Å². The predicted octanol–water partition coefficient (Wildman–Crippen LogP) is 0.840. The maximum absolute atomic E-state index is 5.32. The molecule has 0 radical (unpaired) electrons. The summed E-state index contributed by atoms with van der Waals surface area (Å²) < 4.78 is 10.3. The van der Waals surface area contributed by atoms with Crippen molar-refractivity contribution in [3.63, 3.8) is 0 Å². The summed E-state index contributed by atoms with van der Waals surface area (Å²) in [6.07, 6.45) is 0. The van der Waals surface area contributed by atoms with Crippen molar-refractivity contribution in [2.75, 3.05) is 6.61 Å². The molecule has 0 saturated heterocycles. The van der Waals surface area contributed by atoms with Gasteiger partial charge in [0.1, 0.15) is 0 Å². The van der Waals surface area contributed by atoms with Crippen LogP contribution < -0.4 is 10.5 Å². The van der Waals surface area contributed by atoms with E-state index >= 15 is 0 Å². The molecule has 0 aliphatic carbocycles. The van der Waals surface area contributed by atoms with E-state index in [0.717, 1.165) is 0 Å². The normalized spacial score (nSPS) is 10.1. The van der Waals surface area contributed by atoms with Crippen molar-refractivity contribution in [1.82, 2.24) is 4.98 Å². The zero-order chi connectivity index (χ0) is 8.27. The molecule has 1 aromatic heterocycles. The Kier molecular flexibility index (Phi) is 2.48. The lowest BCUT2D eigenvalue weighted by atomic mass is 10.6. The number of ether oxygens (including phenoxy) is 1. The molecule has 1 aromatic rings. The van der Waals surface area contributed by atoms with Crippen LogP contribution in [0.25, 0.3) is 0 Å². The van der Waals surface area contributed by atoms with Crippen molar-refractivity contribution in [1.29, 1.82) is 0 Å². The first kappa shape index (κ1) is 8.07. The maximum atomic E-state index is 5.32. The van der Waals surface area contributed by atoms with E-state index in [1.807, 2.05) is 6.92 Å². The smallest absolute Gasteiger partial charge is 0.256 e. The minimum absolute atomic E-state index is 0.313. The van der Waals surface area contributed by atoms with E-state index in [1.54, 1.807) is 6.92 Å². The molecular weight excluding hydrogens is 144 g/mol. The molecule has 1 rings (SSSR count). The molecule has 0 saturated carbocycles. The van der Waals surface area contributed by atoms with Crippen LogP contribution in [-0.4, -0.2) is 11.6 Å². The van der Waals surface area contributed by atoms with Gasteiger partial charge in [0.2, 0.25) is 5.89 Å². The van der Waals surface area contributed by atoms with Crippen LogP contribution in [0, 0.1) is 6.92 Å². The van der Waals surface area contributed by atoms with Crippen LogP contribution in [-0.2, 0) is 6.54 Å². The van der Waals surface area contributed by atoms with Gasteiger partial charge in [-0.3, -0.25) is 0 Å². The molecule has 4 heteroatoms. The van der Waals surface area contributed by atoms with E-state index in [-0.39, 0.29) is 0 Å². The van der Waals surface area contributed by atoms with Crippen LogP contribution in [0.15, 0.2) is 4.42 Å². The third-order valence-electron chi connectivity index (χ3n) is 1.25. The first-order chi connectivity index (χ1) is 5.27. The molecular formula is C7H12N2O2. The van der Waals surface area contributed by atoms with Crippen molar-refractivity contribution in [3.05, 3.63) is 11.7 Å². The number of oxazole rings is 1. The number of nitrogens with two attached hydrogens (primary N) is 1. The summed E-state index contributed by atoms with van der Waals surface area (Å²) in [6.45, 7) is 4.61. The molecule has 0 fully saturated rings. The second kappa shape index (κ2) is 3.39. The van der Waals surface area contributed by atoms with Crippen LogP contribution in [0.2, 0.25) is 0 Å². The quantitative estimate of drug-likeness (QED) is 0.704. The zero-order valence-corrected chi connectivity index (χ0v) is 6.76. The Hall–Kier alpha value is -1.03. The Bertz CT molecular complexity index is 232. The van der Waals surface area contributed by atoms with E-state index < -0.39 is 0 Å². The number of aryl methyl sites for hydroxylation is 1. The summed E-state index contributed by atoms with van der Waals surface area (Å²) in [6, 6.07) is 0. The number of nitrogens with zero attached hydrogens (tertiary/aromatic N) is 1. The van der Waals surface area contributed by atoms with Crippen molar-refractivity contribution < 1.29 is 9.15 Å². The van der Waals surface area contributed by atoms with Gasteiger partial charge in [-0.2, -0.15) is 4.98 Å². The number of aromatic nitrogens is 1. The van der Waals surface area contributed by atoms with Gasteiger partial charge in [0, 0.05) is 0 Å². The fraction of sp³-hybridized carbons (Fsp3) is 0.571. The van der Waals surface area contributed by atoms with E-state index in [0.29, 0.717) is 30.7 Å². The summed E-state index contributed by atoms with van der Waals surface area (Å²) in [7, 11) is 0. The summed E-state index contributed by atoms with van der Waals surface area (Å²) >= 11 is 0. The van der Waals surface area contributed by atoms with Crippen LogP contribution in [0.5, 0.6) is 5.88 Å². The molecule has 0 bridgehead atoms. The Morgan fingerprint density at radius 3 is 2.82 bits per heavy atom. The third-order valence-corrected chi connectivity index (χ3v) is 1.25. The highest BCUT2D eigenvalue weighted by atomic mass is 16.5. The molecule has 11 heavy (non-hydrogen) atoms. The third kappa shape index (κ3) is 1.71. The molecule has 62 valence electrons. The zero-order valence-electron chi connectivity index (χ0n) is 6.76. The molecule has 2 N–H and O–H groups in total. The lowest BCUT2D eigenvalue weighted by Crippen LogP contribution is -1.97. The Morgan fingerprint density at radius 2 is 2.36 bits per heavy atom. The SMILES string of the molecule is CCOc1nc(CN)oc1C. The van der Waals surface area contributed by atoms with Crippen LogP contribution >= 0.6 is 0 Å². The average Bonchev–Trinajstić information content (AvgIpc) is 2.33. The van der Waals surface area contributed by atoms with Gasteiger partial charge in [-0.1, -0.05) is 0 Å². The molecule has 0 aliphatic rings. The summed E-state index contributed by atoms with van der Waals surface area (Å²) in [5, 5.41) is 0.